The molecular formula is C10H8F3NOS. The molecule has 2 nitrogen and oxygen atoms in total. The summed E-state index contributed by atoms with van der Waals surface area (Å²) in [5.41, 5.74) is -1.32. The highest BCUT2D eigenvalue weighted by Crippen LogP contribution is 2.33. The van der Waals surface area contributed by atoms with E-state index < -0.39 is 17.3 Å². The molecule has 0 unspecified atom stereocenters. The van der Waals surface area contributed by atoms with Gasteiger partial charge in [0.05, 0.1) is 23.8 Å². The van der Waals surface area contributed by atoms with Gasteiger partial charge in [-0.3, -0.25) is 0 Å². The first-order valence-electron chi connectivity index (χ1n) is 4.34. The molecule has 0 aliphatic rings. The Balaban J connectivity index is 3.04. The quantitative estimate of drug-likeness (QED) is 0.835. The number of hydrogen-bond acceptors (Lipinski definition) is 3. The molecule has 1 N–H and O–H groups in total. The SMILES string of the molecule is N#Cc1cc(SCCO)ccc1C(F)(F)F. The van der Waals surface area contributed by atoms with E-state index in [2.05, 4.69) is 0 Å². The Kier molecular flexibility index (Phi) is 4.21. The number of rotatable bonds is 3. The van der Waals surface area contributed by atoms with Crippen molar-refractivity contribution in [3.63, 3.8) is 0 Å². The molecule has 0 saturated heterocycles. The third kappa shape index (κ3) is 3.15. The minimum absolute atomic E-state index is 0.0619. The van der Waals surface area contributed by atoms with Crippen molar-refractivity contribution in [2.75, 3.05) is 12.4 Å². The van der Waals surface area contributed by atoms with Gasteiger partial charge in [0.1, 0.15) is 0 Å². The monoisotopic (exact) mass is 247 g/mol. The van der Waals surface area contributed by atoms with Crippen molar-refractivity contribution in [2.45, 2.75) is 11.1 Å². The summed E-state index contributed by atoms with van der Waals surface area (Å²) in [6.07, 6.45) is -4.51. The van der Waals surface area contributed by atoms with Gasteiger partial charge in [-0.15, -0.1) is 11.8 Å². The van der Waals surface area contributed by atoms with Crippen molar-refractivity contribution in [1.82, 2.24) is 0 Å². The average molecular weight is 247 g/mol. The fraction of sp³-hybridized carbons (Fsp3) is 0.300. The second kappa shape index (κ2) is 5.23. The Morgan fingerprint density at radius 1 is 1.38 bits per heavy atom. The lowest BCUT2D eigenvalue weighted by atomic mass is 10.1. The summed E-state index contributed by atoms with van der Waals surface area (Å²) >= 11 is 1.20. The van der Waals surface area contributed by atoms with Crippen LogP contribution in [0.25, 0.3) is 0 Å². The Morgan fingerprint density at radius 3 is 2.56 bits per heavy atom. The van der Waals surface area contributed by atoms with Crippen molar-refractivity contribution in [1.29, 1.82) is 5.26 Å². The number of thioether (sulfide) groups is 1. The number of aliphatic hydroxyl groups excluding tert-OH is 1. The van der Waals surface area contributed by atoms with E-state index in [9.17, 15) is 13.2 Å². The topological polar surface area (TPSA) is 44.0 Å². The highest BCUT2D eigenvalue weighted by Gasteiger charge is 2.33. The van der Waals surface area contributed by atoms with E-state index in [1.807, 2.05) is 0 Å². The van der Waals surface area contributed by atoms with Crippen LogP contribution in [0.5, 0.6) is 0 Å². The fourth-order valence-electron chi connectivity index (χ4n) is 1.12. The first kappa shape index (κ1) is 12.9. The Morgan fingerprint density at radius 2 is 2.06 bits per heavy atom. The maximum atomic E-state index is 12.4. The van der Waals surface area contributed by atoms with E-state index in [4.69, 9.17) is 10.4 Å². The van der Waals surface area contributed by atoms with Gasteiger partial charge in [-0.1, -0.05) is 0 Å². The Bertz CT molecular complexity index is 412. The van der Waals surface area contributed by atoms with Crippen LogP contribution >= 0.6 is 11.8 Å². The van der Waals surface area contributed by atoms with Gasteiger partial charge in [0, 0.05) is 10.6 Å². The second-order valence-corrected chi connectivity index (χ2v) is 4.06. The smallest absolute Gasteiger partial charge is 0.396 e. The number of aliphatic hydroxyl groups is 1. The number of benzene rings is 1. The summed E-state index contributed by atoms with van der Waals surface area (Å²) in [6.45, 7) is -0.0619. The van der Waals surface area contributed by atoms with Crippen molar-refractivity contribution < 1.29 is 18.3 Å². The highest BCUT2D eigenvalue weighted by molar-refractivity contribution is 7.99. The molecule has 86 valence electrons. The van der Waals surface area contributed by atoms with Gasteiger partial charge in [-0.25, -0.2) is 0 Å². The summed E-state index contributed by atoms with van der Waals surface area (Å²) < 4.78 is 37.3. The number of nitriles is 1. The summed E-state index contributed by atoms with van der Waals surface area (Å²) in [7, 11) is 0. The van der Waals surface area contributed by atoms with Gasteiger partial charge in [0.2, 0.25) is 0 Å². The molecule has 0 bridgehead atoms. The van der Waals surface area contributed by atoms with Gasteiger partial charge < -0.3 is 5.11 Å². The summed E-state index contributed by atoms with van der Waals surface area (Å²) in [5.74, 6) is 0.385. The van der Waals surface area contributed by atoms with Crippen molar-refractivity contribution in [3.8, 4) is 6.07 Å². The van der Waals surface area contributed by atoms with Crippen LogP contribution < -0.4 is 0 Å². The predicted octanol–water partition coefficient (Wildman–Crippen LogP) is 2.66. The molecule has 0 aromatic heterocycles. The molecule has 0 atom stereocenters. The largest absolute Gasteiger partial charge is 0.417 e. The molecule has 1 aromatic rings. The molecule has 1 rings (SSSR count). The number of halogens is 3. The predicted molar refractivity (Wildman–Crippen MR) is 54.0 cm³/mol. The van der Waals surface area contributed by atoms with Crippen molar-refractivity contribution in [3.05, 3.63) is 29.3 Å². The molecule has 0 radical (unpaired) electrons. The zero-order chi connectivity index (χ0) is 12.2. The van der Waals surface area contributed by atoms with E-state index in [0.29, 0.717) is 10.6 Å². The zero-order valence-electron chi connectivity index (χ0n) is 8.08. The lowest BCUT2D eigenvalue weighted by molar-refractivity contribution is -0.137. The van der Waals surface area contributed by atoms with Crippen LogP contribution in [-0.2, 0) is 6.18 Å². The highest BCUT2D eigenvalue weighted by atomic mass is 32.2. The van der Waals surface area contributed by atoms with Crippen molar-refractivity contribution in [2.24, 2.45) is 0 Å². The molecule has 0 heterocycles. The Labute approximate surface area is 94.7 Å². The van der Waals surface area contributed by atoms with Crippen LogP contribution in [0.1, 0.15) is 11.1 Å². The van der Waals surface area contributed by atoms with E-state index >= 15 is 0 Å². The molecule has 0 aliphatic carbocycles. The van der Waals surface area contributed by atoms with Crippen LogP contribution in [0.3, 0.4) is 0 Å². The molecule has 1 aromatic carbocycles. The lowest BCUT2D eigenvalue weighted by Crippen LogP contribution is -2.07. The van der Waals surface area contributed by atoms with E-state index in [1.165, 1.54) is 30.0 Å². The minimum atomic E-state index is -4.51. The first-order chi connectivity index (χ1) is 7.49. The molecule has 0 aliphatic heterocycles. The molecule has 16 heavy (non-hydrogen) atoms. The lowest BCUT2D eigenvalue weighted by Gasteiger charge is -2.09. The summed E-state index contributed by atoms with van der Waals surface area (Å²) in [6, 6.07) is 4.89. The van der Waals surface area contributed by atoms with Gasteiger partial charge in [-0.05, 0) is 18.2 Å². The van der Waals surface area contributed by atoms with Crippen LogP contribution in [0.4, 0.5) is 13.2 Å². The van der Waals surface area contributed by atoms with E-state index in [-0.39, 0.29) is 6.61 Å². The zero-order valence-corrected chi connectivity index (χ0v) is 8.90. The van der Waals surface area contributed by atoms with Crippen LogP contribution in [0.15, 0.2) is 23.1 Å². The number of hydrogen-bond donors (Lipinski definition) is 1. The second-order valence-electron chi connectivity index (χ2n) is 2.89. The van der Waals surface area contributed by atoms with Gasteiger partial charge >= 0.3 is 6.18 Å². The third-order valence-electron chi connectivity index (χ3n) is 1.78. The maximum absolute atomic E-state index is 12.4. The Hall–Kier alpha value is -1.19. The fourth-order valence-corrected chi connectivity index (χ4v) is 1.81. The van der Waals surface area contributed by atoms with Gasteiger partial charge in [0.25, 0.3) is 0 Å². The standard InChI is InChI=1S/C10H8F3NOS/c11-10(12,13)9-2-1-8(16-4-3-15)5-7(9)6-14/h1-2,5,15H,3-4H2. The average Bonchev–Trinajstić information content (AvgIpc) is 2.24. The molecule has 0 amide bonds. The van der Waals surface area contributed by atoms with Crippen molar-refractivity contribution >= 4 is 11.8 Å². The van der Waals surface area contributed by atoms with Gasteiger partial charge in [-0.2, -0.15) is 18.4 Å². The van der Waals surface area contributed by atoms with Crippen LogP contribution in [0.2, 0.25) is 0 Å². The molecular weight excluding hydrogens is 239 g/mol. The van der Waals surface area contributed by atoms with Crippen LogP contribution in [-0.4, -0.2) is 17.5 Å². The normalized spacial score (nSPS) is 11.2. The maximum Gasteiger partial charge on any atom is 0.417 e. The van der Waals surface area contributed by atoms with E-state index in [0.717, 1.165) is 6.07 Å². The molecule has 0 fully saturated rings. The molecule has 6 heteroatoms. The minimum Gasteiger partial charge on any atom is -0.396 e. The summed E-state index contributed by atoms with van der Waals surface area (Å²) in [4.78, 5) is 0.540. The van der Waals surface area contributed by atoms with Crippen LogP contribution in [0, 0.1) is 11.3 Å². The third-order valence-corrected chi connectivity index (χ3v) is 2.75. The molecule has 0 saturated carbocycles. The summed E-state index contributed by atoms with van der Waals surface area (Å²) in [5, 5.41) is 17.2. The number of alkyl halides is 3. The molecule has 0 spiro atoms. The number of nitrogens with zero attached hydrogens (tertiary/aromatic N) is 1. The van der Waals surface area contributed by atoms with E-state index in [1.54, 1.807) is 0 Å². The first-order valence-corrected chi connectivity index (χ1v) is 5.32. The van der Waals surface area contributed by atoms with Gasteiger partial charge in [0.15, 0.2) is 0 Å².